The van der Waals surface area contributed by atoms with Gasteiger partial charge in [-0.2, -0.15) is 0 Å². The molecule has 0 saturated carbocycles. The minimum atomic E-state index is -1.20. The number of ether oxygens (including phenoxy) is 1. The zero-order valence-corrected chi connectivity index (χ0v) is 19.9. The lowest BCUT2D eigenvalue weighted by Crippen LogP contribution is -2.43. The summed E-state index contributed by atoms with van der Waals surface area (Å²) in [5.74, 6) is 0.0630. The van der Waals surface area contributed by atoms with E-state index in [0.29, 0.717) is 12.1 Å². The number of benzene rings is 3. The summed E-state index contributed by atoms with van der Waals surface area (Å²) < 4.78 is 5.99. The minimum absolute atomic E-state index is 0.0159. The van der Waals surface area contributed by atoms with Gasteiger partial charge in [0.15, 0.2) is 0 Å². The molecule has 5 rings (SSSR count). The molecule has 1 fully saturated rings. The van der Waals surface area contributed by atoms with E-state index in [2.05, 4.69) is 0 Å². The molecule has 0 N–H and O–H groups in total. The fourth-order valence-corrected chi connectivity index (χ4v) is 5.12. The van der Waals surface area contributed by atoms with Crippen molar-refractivity contribution < 1.29 is 19.1 Å². The summed E-state index contributed by atoms with van der Waals surface area (Å²) in [5.41, 5.74) is 2.69. The first-order valence-corrected chi connectivity index (χ1v) is 11.8. The monoisotopic (exact) mass is 468 g/mol. The molecule has 3 aromatic carbocycles. The summed E-state index contributed by atoms with van der Waals surface area (Å²) in [4.78, 5) is 42.1. The Bertz CT molecular complexity index is 1250. The lowest BCUT2D eigenvalue weighted by Gasteiger charge is -2.29. The van der Waals surface area contributed by atoms with Crippen molar-refractivity contribution in [1.82, 2.24) is 9.80 Å². The lowest BCUT2D eigenvalue weighted by molar-refractivity contribution is -0.141. The van der Waals surface area contributed by atoms with E-state index in [1.807, 2.05) is 78.9 Å². The van der Waals surface area contributed by atoms with E-state index in [0.717, 1.165) is 33.8 Å². The molecule has 0 spiro atoms. The third kappa shape index (κ3) is 4.20. The Morgan fingerprint density at radius 2 is 1.63 bits per heavy atom. The van der Waals surface area contributed by atoms with Gasteiger partial charge in [-0.05, 0) is 28.3 Å². The van der Waals surface area contributed by atoms with E-state index < -0.39 is 5.41 Å². The van der Waals surface area contributed by atoms with Crippen molar-refractivity contribution in [3.63, 3.8) is 0 Å². The van der Waals surface area contributed by atoms with Gasteiger partial charge in [0.2, 0.25) is 17.7 Å². The quantitative estimate of drug-likeness (QED) is 0.516. The van der Waals surface area contributed by atoms with Crippen LogP contribution in [0.2, 0.25) is 0 Å². The Kier molecular flexibility index (Phi) is 5.89. The average Bonchev–Trinajstić information content (AvgIpc) is 3.38. The highest BCUT2D eigenvalue weighted by Gasteiger charge is 2.52. The van der Waals surface area contributed by atoms with E-state index in [1.54, 1.807) is 11.9 Å². The fourth-order valence-electron chi connectivity index (χ4n) is 5.12. The van der Waals surface area contributed by atoms with Gasteiger partial charge < -0.3 is 9.64 Å². The summed E-state index contributed by atoms with van der Waals surface area (Å²) in [6.45, 7) is 0.411. The molecule has 2 aliphatic heterocycles. The zero-order valence-electron chi connectivity index (χ0n) is 19.9. The molecule has 0 aromatic heterocycles. The first kappa shape index (κ1) is 22.8. The molecule has 3 amide bonds. The van der Waals surface area contributed by atoms with Crippen molar-refractivity contribution >= 4 is 17.7 Å². The third-order valence-corrected chi connectivity index (χ3v) is 7.16. The number of rotatable bonds is 6. The molecule has 1 saturated heterocycles. The molecule has 0 radical (unpaired) electrons. The van der Waals surface area contributed by atoms with Gasteiger partial charge >= 0.3 is 0 Å². The first-order valence-electron chi connectivity index (χ1n) is 11.8. The number of hydrogen-bond donors (Lipinski definition) is 0. The van der Waals surface area contributed by atoms with Gasteiger partial charge in [-0.3, -0.25) is 19.3 Å². The van der Waals surface area contributed by atoms with Crippen molar-refractivity contribution in [2.45, 2.75) is 30.8 Å². The van der Waals surface area contributed by atoms with Gasteiger partial charge in [0.05, 0.1) is 12.0 Å². The van der Waals surface area contributed by atoms with Crippen molar-refractivity contribution in [3.8, 4) is 16.9 Å². The van der Waals surface area contributed by atoms with Gasteiger partial charge in [0.1, 0.15) is 11.9 Å². The van der Waals surface area contributed by atoms with Crippen molar-refractivity contribution in [3.05, 3.63) is 90.0 Å². The summed E-state index contributed by atoms with van der Waals surface area (Å²) in [6, 6.07) is 25.5. The van der Waals surface area contributed by atoms with Gasteiger partial charge in [-0.25, -0.2) is 0 Å². The summed E-state index contributed by atoms with van der Waals surface area (Å²) in [5, 5.41) is 0. The van der Waals surface area contributed by atoms with E-state index >= 15 is 0 Å². The number of fused-ring (bicyclic) bond motifs is 1. The van der Waals surface area contributed by atoms with Crippen molar-refractivity contribution in [2.75, 3.05) is 20.6 Å². The molecule has 6 nitrogen and oxygen atoms in total. The number of imide groups is 1. The van der Waals surface area contributed by atoms with Crippen LogP contribution in [0.3, 0.4) is 0 Å². The third-order valence-electron chi connectivity index (χ3n) is 7.16. The topological polar surface area (TPSA) is 66.9 Å². The predicted octanol–water partition coefficient (Wildman–Crippen LogP) is 3.83. The molecule has 3 aromatic rings. The molecule has 0 aliphatic carbocycles. The maximum atomic E-state index is 13.4. The number of para-hydroxylation sites is 1. The normalized spacial score (nSPS) is 21.1. The Morgan fingerprint density at radius 3 is 2.29 bits per heavy atom. The van der Waals surface area contributed by atoms with E-state index in [-0.39, 0.29) is 36.7 Å². The van der Waals surface area contributed by atoms with Crippen LogP contribution in [0.25, 0.3) is 11.1 Å². The smallest absolute Gasteiger partial charge is 0.240 e. The van der Waals surface area contributed by atoms with Crippen LogP contribution in [-0.4, -0.2) is 54.3 Å². The van der Waals surface area contributed by atoms with Crippen LogP contribution in [-0.2, 0) is 26.2 Å². The number of carbonyl (C=O) groups excluding carboxylic acids is 3. The number of carbonyl (C=O) groups is 3. The minimum Gasteiger partial charge on any atom is -0.488 e. The Balaban J connectivity index is 1.36. The molecule has 35 heavy (non-hydrogen) atoms. The molecule has 0 unspecified atom stereocenters. The van der Waals surface area contributed by atoms with Gasteiger partial charge in [0.25, 0.3) is 0 Å². The van der Waals surface area contributed by atoms with Crippen molar-refractivity contribution in [1.29, 1.82) is 0 Å². The number of hydrogen-bond acceptors (Lipinski definition) is 4. The van der Waals surface area contributed by atoms with Crippen LogP contribution in [0, 0.1) is 0 Å². The van der Waals surface area contributed by atoms with E-state index in [4.69, 9.17) is 4.74 Å². The van der Waals surface area contributed by atoms with Crippen LogP contribution in [0.1, 0.15) is 24.0 Å². The summed E-state index contributed by atoms with van der Waals surface area (Å²) in [6.07, 6.45) is 0.520. The molecular weight excluding hydrogens is 440 g/mol. The maximum absolute atomic E-state index is 13.4. The average molecular weight is 469 g/mol. The number of amides is 3. The summed E-state index contributed by atoms with van der Waals surface area (Å²) >= 11 is 0. The Hall–Kier alpha value is -3.93. The molecular formula is C29H28N2O4. The number of likely N-dealkylation sites (N-methyl/N-ethyl adjacent to an activating group) is 2. The highest BCUT2D eigenvalue weighted by molar-refractivity contribution is 6.10. The standard InChI is InChI=1S/C29H28N2O4/c1-30(19-24-16-22-10-6-7-11-25(22)35-24)26(32)17-29(18-27(33)31(2)28(29)34)23-14-12-21(13-15-23)20-8-4-3-5-9-20/h3-15,24H,16-19H2,1-2H3/t24-,29-/m0/s1. The molecule has 0 bridgehead atoms. The molecule has 2 aliphatic rings. The first-order chi connectivity index (χ1) is 16.9. The van der Waals surface area contributed by atoms with E-state index in [9.17, 15) is 14.4 Å². The highest BCUT2D eigenvalue weighted by atomic mass is 16.5. The molecule has 2 atom stereocenters. The van der Waals surface area contributed by atoms with Crippen LogP contribution in [0.15, 0.2) is 78.9 Å². The SMILES string of the molecule is CN(C[C@@H]1Cc2ccccc2O1)C(=O)C[C@@]1(c2ccc(-c3ccccc3)cc2)CC(=O)N(C)C1=O. The second-order valence-electron chi connectivity index (χ2n) is 9.46. The van der Waals surface area contributed by atoms with Gasteiger partial charge in [-0.15, -0.1) is 0 Å². The number of nitrogens with zero attached hydrogens (tertiary/aromatic N) is 2. The highest BCUT2D eigenvalue weighted by Crippen LogP contribution is 2.40. The maximum Gasteiger partial charge on any atom is 0.240 e. The molecule has 6 heteroatoms. The largest absolute Gasteiger partial charge is 0.488 e. The van der Waals surface area contributed by atoms with Crippen LogP contribution in [0.4, 0.5) is 0 Å². The molecule has 2 heterocycles. The lowest BCUT2D eigenvalue weighted by atomic mass is 9.75. The second kappa shape index (κ2) is 9.02. The Morgan fingerprint density at radius 1 is 0.971 bits per heavy atom. The fraction of sp³-hybridized carbons (Fsp3) is 0.276. The van der Waals surface area contributed by atoms with Crippen LogP contribution in [0.5, 0.6) is 5.75 Å². The van der Waals surface area contributed by atoms with Crippen LogP contribution >= 0.6 is 0 Å². The van der Waals surface area contributed by atoms with E-state index in [1.165, 1.54) is 7.05 Å². The second-order valence-corrected chi connectivity index (χ2v) is 9.46. The predicted molar refractivity (Wildman–Crippen MR) is 133 cm³/mol. The Labute approximate surface area is 205 Å². The summed E-state index contributed by atoms with van der Waals surface area (Å²) in [7, 11) is 3.22. The van der Waals surface area contributed by atoms with Crippen molar-refractivity contribution in [2.24, 2.45) is 0 Å². The molecule has 178 valence electrons. The zero-order chi connectivity index (χ0) is 24.6. The van der Waals surface area contributed by atoms with Gasteiger partial charge in [-0.1, -0.05) is 72.8 Å². The van der Waals surface area contributed by atoms with Gasteiger partial charge in [0, 0.05) is 33.4 Å². The van der Waals surface area contributed by atoms with Crippen LogP contribution < -0.4 is 4.74 Å². The number of likely N-dealkylation sites (tertiary alicyclic amines) is 1.